The Bertz CT molecular complexity index is 1100. The molecule has 0 saturated heterocycles. The molecule has 156 valence electrons. The van der Waals surface area contributed by atoms with Gasteiger partial charge in [-0.05, 0) is 36.8 Å². The van der Waals surface area contributed by atoms with Crippen LogP contribution >= 0.6 is 11.6 Å². The molecule has 0 fully saturated rings. The standard InChI is InChI=1S/C16H9ClF8N4/c1-6-4-7(17)2-3-9(6)29-12(26)11-8(15(20,21)22)5-10(27-13(11)28-29)14(18,19)16(23,24)25/h2-5H,26H2,1H3. The predicted molar refractivity (Wildman–Crippen MR) is 88.0 cm³/mol. The molecule has 0 atom stereocenters. The van der Waals surface area contributed by atoms with E-state index in [4.69, 9.17) is 17.3 Å². The van der Waals surface area contributed by atoms with E-state index in [1.54, 1.807) is 0 Å². The van der Waals surface area contributed by atoms with E-state index in [1.807, 2.05) is 0 Å². The monoisotopic (exact) mass is 444 g/mol. The van der Waals surface area contributed by atoms with Crippen molar-refractivity contribution in [2.45, 2.75) is 25.2 Å². The molecule has 2 N–H and O–H groups in total. The number of aromatic nitrogens is 3. The van der Waals surface area contributed by atoms with Crippen molar-refractivity contribution in [3.05, 3.63) is 46.1 Å². The van der Waals surface area contributed by atoms with E-state index in [-0.39, 0.29) is 11.8 Å². The highest BCUT2D eigenvalue weighted by atomic mass is 35.5. The number of fused-ring (bicyclic) bond motifs is 1. The molecule has 0 aliphatic rings. The number of nitrogens with two attached hydrogens (primary N) is 1. The fourth-order valence-corrected chi connectivity index (χ4v) is 2.91. The molecule has 29 heavy (non-hydrogen) atoms. The average molecular weight is 445 g/mol. The number of hydrogen-bond acceptors (Lipinski definition) is 3. The van der Waals surface area contributed by atoms with Crippen molar-refractivity contribution in [1.29, 1.82) is 0 Å². The molecule has 3 rings (SSSR count). The van der Waals surface area contributed by atoms with E-state index in [0.29, 0.717) is 10.6 Å². The first-order chi connectivity index (χ1) is 13.1. The quantitative estimate of drug-likeness (QED) is 0.521. The molecule has 13 heteroatoms. The molecule has 3 aromatic rings. The molecule has 0 bridgehead atoms. The van der Waals surface area contributed by atoms with Crippen molar-refractivity contribution in [1.82, 2.24) is 14.8 Å². The Labute approximate surface area is 161 Å². The zero-order valence-electron chi connectivity index (χ0n) is 14.1. The molecule has 0 radical (unpaired) electrons. The molecule has 0 aliphatic carbocycles. The molecule has 0 unspecified atom stereocenters. The highest BCUT2D eigenvalue weighted by Crippen LogP contribution is 2.46. The third kappa shape index (κ3) is 3.45. The maximum absolute atomic E-state index is 13.7. The summed E-state index contributed by atoms with van der Waals surface area (Å²) in [5, 5.41) is 3.04. The van der Waals surface area contributed by atoms with Gasteiger partial charge in [0.15, 0.2) is 5.65 Å². The largest absolute Gasteiger partial charge is 0.459 e. The van der Waals surface area contributed by atoms with Gasteiger partial charge < -0.3 is 5.73 Å². The summed E-state index contributed by atoms with van der Waals surface area (Å²) < 4.78 is 106. The first kappa shape index (κ1) is 21.1. The van der Waals surface area contributed by atoms with Crippen LogP contribution in [0.5, 0.6) is 0 Å². The van der Waals surface area contributed by atoms with E-state index < -0.39 is 46.4 Å². The minimum Gasteiger partial charge on any atom is -0.383 e. The second-order valence-electron chi connectivity index (χ2n) is 6.05. The highest BCUT2D eigenvalue weighted by Gasteiger charge is 2.60. The van der Waals surface area contributed by atoms with Crippen LogP contribution in [-0.2, 0) is 12.1 Å². The van der Waals surface area contributed by atoms with E-state index >= 15 is 0 Å². The van der Waals surface area contributed by atoms with Crippen LogP contribution in [0.15, 0.2) is 24.3 Å². The van der Waals surface area contributed by atoms with Gasteiger partial charge in [0.05, 0.1) is 16.6 Å². The van der Waals surface area contributed by atoms with Gasteiger partial charge in [0, 0.05) is 5.02 Å². The van der Waals surface area contributed by atoms with Crippen molar-refractivity contribution >= 4 is 28.5 Å². The average Bonchev–Trinajstić information content (AvgIpc) is 2.89. The summed E-state index contributed by atoms with van der Waals surface area (Å²) in [5.41, 5.74) is 1.33. The highest BCUT2D eigenvalue weighted by molar-refractivity contribution is 6.30. The number of nitrogens with zero attached hydrogens (tertiary/aromatic N) is 3. The van der Waals surface area contributed by atoms with Gasteiger partial charge in [-0.1, -0.05) is 11.6 Å². The number of anilines is 1. The Morgan fingerprint density at radius 1 is 1.00 bits per heavy atom. The van der Waals surface area contributed by atoms with Crippen LogP contribution in [0.25, 0.3) is 16.7 Å². The number of nitrogen functional groups attached to an aromatic ring is 1. The normalized spacial score (nSPS) is 13.3. The lowest BCUT2D eigenvalue weighted by Gasteiger charge is -2.20. The number of alkyl halides is 8. The zero-order chi connectivity index (χ0) is 21.9. The second kappa shape index (κ2) is 6.44. The van der Waals surface area contributed by atoms with E-state index in [2.05, 4.69) is 10.1 Å². The maximum atomic E-state index is 13.7. The van der Waals surface area contributed by atoms with E-state index in [0.717, 1.165) is 4.68 Å². The molecular formula is C16H9ClF8N4. The Kier molecular flexibility index (Phi) is 4.68. The van der Waals surface area contributed by atoms with Crippen LogP contribution in [0.2, 0.25) is 5.02 Å². The molecule has 0 amide bonds. The van der Waals surface area contributed by atoms with E-state index in [1.165, 1.54) is 25.1 Å². The predicted octanol–water partition coefficient (Wildman–Crippen LogP) is 5.64. The second-order valence-corrected chi connectivity index (χ2v) is 6.49. The molecule has 2 aromatic heterocycles. The van der Waals surface area contributed by atoms with Crippen molar-refractivity contribution in [2.24, 2.45) is 0 Å². The lowest BCUT2D eigenvalue weighted by Crippen LogP contribution is -2.35. The summed E-state index contributed by atoms with van der Waals surface area (Å²) in [6.07, 6.45) is -11.5. The molecule has 1 aromatic carbocycles. The van der Waals surface area contributed by atoms with Crippen LogP contribution in [0.3, 0.4) is 0 Å². The fourth-order valence-electron chi connectivity index (χ4n) is 2.68. The SMILES string of the molecule is Cc1cc(Cl)ccc1-n1nc2nc(C(F)(F)C(F)(F)F)cc(C(F)(F)F)c2c1N. The van der Waals surface area contributed by atoms with Gasteiger partial charge in [0.2, 0.25) is 0 Å². The number of hydrogen-bond donors (Lipinski definition) is 1. The van der Waals surface area contributed by atoms with Crippen molar-refractivity contribution < 1.29 is 35.1 Å². The van der Waals surface area contributed by atoms with Gasteiger partial charge in [0.25, 0.3) is 0 Å². The lowest BCUT2D eigenvalue weighted by atomic mass is 10.1. The summed E-state index contributed by atoms with van der Waals surface area (Å²) in [6.45, 7) is 1.52. The van der Waals surface area contributed by atoms with Gasteiger partial charge in [-0.15, -0.1) is 5.10 Å². The first-order valence-corrected chi connectivity index (χ1v) is 8.00. The Balaban J connectivity index is 2.38. The van der Waals surface area contributed by atoms with Crippen LogP contribution in [-0.4, -0.2) is 20.9 Å². The summed E-state index contributed by atoms with van der Waals surface area (Å²) >= 11 is 5.81. The van der Waals surface area contributed by atoms with Gasteiger partial charge in [-0.2, -0.15) is 35.1 Å². The van der Waals surface area contributed by atoms with Gasteiger partial charge in [-0.3, -0.25) is 0 Å². The summed E-state index contributed by atoms with van der Waals surface area (Å²) in [5.74, 6) is -6.26. The Morgan fingerprint density at radius 2 is 1.62 bits per heavy atom. The number of aryl methyl sites for hydroxylation is 1. The van der Waals surface area contributed by atoms with Gasteiger partial charge >= 0.3 is 18.3 Å². The molecule has 0 aliphatic heterocycles. The Morgan fingerprint density at radius 3 is 2.14 bits per heavy atom. The maximum Gasteiger partial charge on any atom is 0.459 e. The number of benzene rings is 1. The number of pyridine rings is 1. The van der Waals surface area contributed by atoms with Crippen molar-refractivity contribution in [2.75, 3.05) is 5.73 Å². The third-order valence-electron chi connectivity index (χ3n) is 4.05. The smallest absolute Gasteiger partial charge is 0.383 e. The summed E-state index contributed by atoms with van der Waals surface area (Å²) in [4.78, 5) is 3.03. The third-order valence-corrected chi connectivity index (χ3v) is 4.28. The lowest BCUT2D eigenvalue weighted by molar-refractivity contribution is -0.291. The summed E-state index contributed by atoms with van der Waals surface area (Å²) in [6, 6.07) is 3.78. The topological polar surface area (TPSA) is 56.7 Å². The van der Waals surface area contributed by atoms with Crippen LogP contribution in [0, 0.1) is 6.92 Å². The minimum absolute atomic E-state index is 0.141. The summed E-state index contributed by atoms with van der Waals surface area (Å²) in [7, 11) is 0. The molecule has 0 saturated carbocycles. The van der Waals surface area contributed by atoms with Crippen LogP contribution < -0.4 is 5.73 Å². The molecule has 2 heterocycles. The first-order valence-electron chi connectivity index (χ1n) is 7.62. The minimum atomic E-state index is -6.16. The van der Waals surface area contributed by atoms with E-state index in [9.17, 15) is 35.1 Å². The molecular weight excluding hydrogens is 436 g/mol. The number of rotatable bonds is 2. The van der Waals surface area contributed by atoms with Crippen molar-refractivity contribution in [3.63, 3.8) is 0 Å². The van der Waals surface area contributed by atoms with Crippen LogP contribution in [0.1, 0.15) is 16.8 Å². The van der Waals surface area contributed by atoms with Gasteiger partial charge in [0.1, 0.15) is 11.5 Å². The molecule has 4 nitrogen and oxygen atoms in total. The molecule has 0 spiro atoms. The van der Waals surface area contributed by atoms with Crippen molar-refractivity contribution in [3.8, 4) is 5.69 Å². The Hall–Kier alpha value is -2.63. The van der Waals surface area contributed by atoms with Crippen LogP contribution in [0.4, 0.5) is 40.9 Å². The zero-order valence-corrected chi connectivity index (χ0v) is 14.9. The fraction of sp³-hybridized carbons (Fsp3) is 0.250. The number of halogens is 9. The van der Waals surface area contributed by atoms with Gasteiger partial charge in [-0.25, -0.2) is 9.67 Å².